The van der Waals surface area contributed by atoms with Gasteiger partial charge in [0.1, 0.15) is 0 Å². The van der Waals surface area contributed by atoms with Gasteiger partial charge in [0.05, 0.1) is 12.2 Å². The zero-order valence-corrected chi connectivity index (χ0v) is 13.5. The summed E-state index contributed by atoms with van der Waals surface area (Å²) in [4.78, 5) is 11.7. The highest BCUT2D eigenvalue weighted by Gasteiger charge is 2.60. The molecular formula is C19H28O3. The number of rotatable bonds is 1. The van der Waals surface area contributed by atoms with Gasteiger partial charge in [-0.25, -0.2) is 0 Å². The zero-order valence-electron chi connectivity index (χ0n) is 13.5. The second kappa shape index (κ2) is 5.17. The number of allylic oxidation sites excluding steroid dienone is 1. The van der Waals surface area contributed by atoms with E-state index in [1.807, 2.05) is 6.08 Å². The quantitative estimate of drug-likeness (QED) is 0.783. The first-order chi connectivity index (χ1) is 10.6. The molecule has 4 rings (SSSR count). The van der Waals surface area contributed by atoms with Crippen molar-refractivity contribution < 1.29 is 15.0 Å². The van der Waals surface area contributed by atoms with Crippen LogP contribution in [0.25, 0.3) is 0 Å². The number of fused-ring (bicyclic) bond motifs is 5. The van der Waals surface area contributed by atoms with Crippen LogP contribution < -0.4 is 0 Å². The predicted molar refractivity (Wildman–Crippen MR) is 84.1 cm³/mol. The summed E-state index contributed by atoms with van der Waals surface area (Å²) in [6.45, 7) is 2.18. The average Bonchev–Trinajstić information content (AvgIpc) is 2.84. The van der Waals surface area contributed by atoms with Crippen molar-refractivity contribution in [1.29, 1.82) is 0 Å². The molecule has 0 saturated heterocycles. The number of aliphatic hydroxyl groups is 2. The topological polar surface area (TPSA) is 57.5 Å². The van der Waals surface area contributed by atoms with E-state index < -0.39 is 0 Å². The fourth-order valence-corrected chi connectivity index (χ4v) is 6.67. The molecular weight excluding hydrogens is 276 g/mol. The highest BCUT2D eigenvalue weighted by atomic mass is 16.3. The van der Waals surface area contributed by atoms with Crippen LogP contribution in [0.3, 0.4) is 0 Å². The maximum absolute atomic E-state index is 11.7. The van der Waals surface area contributed by atoms with Gasteiger partial charge in [0.15, 0.2) is 5.78 Å². The summed E-state index contributed by atoms with van der Waals surface area (Å²) in [7, 11) is 0. The van der Waals surface area contributed by atoms with E-state index in [1.54, 1.807) is 0 Å². The third kappa shape index (κ3) is 1.91. The highest BCUT2D eigenvalue weighted by Crippen LogP contribution is 2.63. The first kappa shape index (κ1) is 14.9. The molecule has 0 spiro atoms. The van der Waals surface area contributed by atoms with Gasteiger partial charge in [0.25, 0.3) is 0 Å². The van der Waals surface area contributed by atoms with Crippen molar-refractivity contribution in [1.82, 2.24) is 0 Å². The number of carbonyl (C=O) groups is 1. The lowest BCUT2D eigenvalue weighted by molar-refractivity contribution is -0.131. The number of hydrogen-bond donors (Lipinski definition) is 2. The monoisotopic (exact) mass is 304 g/mol. The van der Waals surface area contributed by atoms with Crippen molar-refractivity contribution in [3.8, 4) is 0 Å². The maximum atomic E-state index is 11.7. The minimum absolute atomic E-state index is 0.0493. The molecule has 0 aromatic carbocycles. The Bertz CT molecular complexity index is 511. The molecule has 0 aliphatic heterocycles. The Morgan fingerprint density at radius 2 is 2.00 bits per heavy atom. The molecule has 2 N–H and O–H groups in total. The molecule has 3 heteroatoms. The maximum Gasteiger partial charge on any atom is 0.155 e. The van der Waals surface area contributed by atoms with Crippen molar-refractivity contribution in [2.75, 3.05) is 0 Å². The van der Waals surface area contributed by atoms with E-state index >= 15 is 0 Å². The van der Waals surface area contributed by atoms with Gasteiger partial charge in [-0.3, -0.25) is 4.79 Å². The van der Waals surface area contributed by atoms with Gasteiger partial charge in [-0.1, -0.05) is 12.5 Å². The number of aliphatic hydroxyl groups excluding tert-OH is 2. The molecule has 4 aliphatic carbocycles. The highest BCUT2D eigenvalue weighted by molar-refractivity contribution is 5.91. The fraction of sp³-hybridized carbons (Fsp3) is 0.842. The van der Waals surface area contributed by atoms with Crippen LogP contribution in [-0.2, 0) is 4.79 Å². The molecule has 7 atom stereocenters. The summed E-state index contributed by atoms with van der Waals surface area (Å²) in [5.41, 5.74) is 1.26. The lowest BCUT2D eigenvalue weighted by Gasteiger charge is -2.56. The van der Waals surface area contributed by atoms with Crippen molar-refractivity contribution in [3.05, 3.63) is 11.6 Å². The van der Waals surface area contributed by atoms with Crippen LogP contribution in [0.2, 0.25) is 0 Å². The van der Waals surface area contributed by atoms with Crippen molar-refractivity contribution in [3.63, 3.8) is 0 Å². The average molecular weight is 304 g/mol. The Labute approximate surface area is 132 Å². The van der Waals surface area contributed by atoms with E-state index in [0.29, 0.717) is 30.1 Å². The molecule has 0 aromatic rings. The molecule has 0 amide bonds. The Kier molecular flexibility index (Phi) is 3.50. The number of hydrogen-bond acceptors (Lipinski definition) is 3. The Morgan fingerprint density at radius 1 is 1.18 bits per heavy atom. The van der Waals surface area contributed by atoms with Gasteiger partial charge in [0.2, 0.25) is 0 Å². The first-order valence-corrected chi connectivity index (χ1v) is 9.16. The molecule has 3 saturated carbocycles. The van der Waals surface area contributed by atoms with Crippen LogP contribution in [0.1, 0.15) is 58.3 Å². The molecule has 0 radical (unpaired) electrons. The Balaban J connectivity index is 1.69. The zero-order chi connectivity index (χ0) is 15.5. The van der Waals surface area contributed by atoms with Crippen LogP contribution in [0, 0.1) is 29.1 Å². The van der Waals surface area contributed by atoms with E-state index in [0.717, 1.165) is 44.9 Å². The third-order valence-electron chi connectivity index (χ3n) is 7.61. The number of carbonyl (C=O) groups excluding carboxylic acids is 1. The van der Waals surface area contributed by atoms with E-state index in [1.165, 1.54) is 5.57 Å². The molecule has 0 aromatic heterocycles. The molecule has 0 unspecified atom stereocenters. The van der Waals surface area contributed by atoms with Crippen LogP contribution in [0.5, 0.6) is 0 Å². The molecule has 0 bridgehead atoms. The molecule has 122 valence electrons. The van der Waals surface area contributed by atoms with Gasteiger partial charge in [-0.15, -0.1) is 0 Å². The van der Waals surface area contributed by atoms with E-state index in [-0.39, 0.29) is 23.4 Å². The van der Waals surface area contributed by atoms with Crippen LogP contribution in [0.4, 0.5) is 0 Å². The van der Waals surface area contributed by atoms with Crippen molar-refractivity contribution in [2.45, 2.75) is 70.5 Å². The van der Waals surface area contributed by atoms with Crippen LogP contribution in [0.15, 0.2) is 11.6 Å². The third-order valence-corrected chi connectivity index (χ3v) is 7.61. The standard InChI is InChI=1S/C19H28O3/c1-2-19-10-16(21)18-13-6-4-12(20)9-11(13)3-5-14(18)15(19)7-8-17(19)22/h9,13-18,21-22H,2-8,10H2,1H3/t13-,14-,15-,16+,17-,18+,19-/m0/s1. The summed E-state index contributed by atoms with van der Waals surface area (Å²) in [5, 5.41) is 21.5. The van der Waals surface area contributed by atoms with Gasteiger partial charge >= 0.3 is 0 Å². The van der Waals surface area contributed by atoms with Gasteiger partial charge in [-0.05, 0) is 74.7 Å². The molecule has 3 fully saturated rings. The minimum atomic E-state index is -0.309. The molecule has 4 aliphatic rings. The lowest BCUT2D eigenvalue weighted by atomic mass is 9.50. The molecule has 3 nitrogen and oxygen atoms in total. The SMILES string of the molecule is CC[C@]12C[C@@H](O)[C@H]3[C@@H](CCC4=CC(=O)CC[C@@H]43)[C@@H]1CC[C@@H]2O. The summed E-state index contributed by atoms with van der Waals surface area (Å²) in [6, 6.07) is 0. The molecule has 22 heavy (non-hydrogen) atoms. The Morgan fingerprint density at radius 3 is 2.77 bits per heavy atom. The summed E-state index contributed by atoms with van der Waals surface area (Å²) < 4.78 is 0. The summed E-state index contributed by atoms with van der Waals surface area (Å²) in [6.07, 6.45) is 8.79. The fourth-order valence-electron chi connectivity index (χ4n) is 6.67. The van der Waals surface area contributed by atoms with Crippen molar-refractivity contribution in [2.24, 2.45) is 29.1 Å². The van der Waals surface area contributed by atoms with Gasteiger partial charge in [-0.2, -0.15) is 0 Å². The van der Waals surface area contributed by atoms with Crippen molar-refractivity contribution >= 4 is 5.78 Å². The lowest BCUT2D eigenvalue weighted by Crippen LogP contribution is -2.54. The Hall–Kier alpha value is -0.670. The molecule has 0 heterocycles. The second-order valence-electron chi connectivity index (χ2n) is 8.17. The van der Waals surface area contributed by atoms with Crippen LogP contribution in [-0.4, -0.2) is 28.2 Å². The van der Waals surface area contributed by atoms with Gasteiger partial charge < -0.3 is 10.2 Å². The summed E-state index contributed by atoms with van der Waals surface area (Å²) >= 11 is 0. The minimum Gasteiger partial charge on any atom is -0.393 e. The van der Waals surface area contributed by atoms with Gasteiger partial charge in [0, 0.05) is 11.8 Å². The van der Waals surface area contributed by atoms with E-state index in [2.05, 4.69) is 6.92 Å². The van der Waals surface area contributed by atoms with E-state index in [4.69, 9.17) is 0 Å². The largest absolute Gasteiger partial charge is 0.393 e. The summed E-state index contributed by atoms with van der Waals surface area (Å²) in [5.74, 6) is 2.12. The second-order valence-corrected chi connectivity index (χ2v) is 8.17. The van der Waals surface area contributed by atoms with Crippen LogP contribution >= 0.6 is 0 Å². The number of ketones is 1. The first-order valence-electron chi connectivity index (χ1n) is 9.16. The predicted octanol–water partition coefficient (Wildman–Crippen LogP) is 2.85. The van der Waals surface area contributed by atoms with E-state index in [9.17, 15) is 15.0 Å². The normalized spacial score (nSPS) is 50.9. The smallest absolute Gasteiger partial charge is 0.155 e.